The minimum atomic E-state index is -0.963. The summed E-state index contributed by atoms with van der Waals surface area (Å²) in [6.45, 7) is 3.59. The first-order valence-electron chi connectivity index (χ1n) is 3.48. The molecule has 0 saturated heterocycles. The first-order chi connectivity index (χ1) is 6.11. The van der Waals surface area contributed by atoms with Crippen molar-refractivity contribution in [3.05, 3.63) is 0 Å². The van der Waals surface area contributed by atoms with Crippen LogP contribution in [0.4, 0.5) is 0 Å². The van der Waals surface area contributed by atoms with Crippen LogP contribution in [-0.2, 0) is 14.4 Å². The fourth-order valence-corrected chi connectivity index (χ4v) is 0. The third-order valence-electron chi connectivity index (χ3n) is 0.390. The highest BCUT2D eigenvalue weighted by Crippen LogP contribution is 1.68. The van der Waals surface area contributed by atoms with E-state index in [0.29, 0.717) is 0 Å². The lowest BCUT2D eigenvalue weighted by atomic mass is 10.4. The van der Waals surface area contributed by atoms with E-state index < -0.39 is 23.9 Å². The molecule has 0 spiro atoms. The maximum Gasteiger partial charge on any atom is 0.320 e. The smallest absolute Gasteiger partial charge is 0.320 e. The number of hydrogen-bond donors (Lipinski definition) is 4. The summed E-state index contributed by atoms with van der Waals surface area (Å²) in [6, 6.07) is -0.731. The van der Waals surface area contributed by atoms with Gasteiger partial charge in [-0.15, -0.1) is 0 Å². The summed E-state index contributed by atoms with van der Waals surface area (Å²) < 4.78 is 0. The van der Waals surface area contributed by atoms with E-state index >= 15 is 0 Å². The lowest BCUT2D eigenvalue weighted by molar-refractivity contribution is -0.138. The van der Waals surface area contributed by atoms with Crippen molar-refractivity contribution >= 4 is 17.9 Å². The van der Waals surface area contributed by atoms with Gasteiger partial charge in [-0.3, -0.25) is 14.4 Å². The maximum absolute atomic E-state index is 9.57. The van der Waals surface area contributed by atoms with Crippen molar-refractivity contribution in [3.8, 4) is 0 Å². The fraction of sp³-hybridized carbons (Fsp3) is 0.571. The second-order valence-corrected chi connectivity index (χ2v) is 2.16. The van der Waals surface area contributed by atoms with Crippen LogP contribution in [0.5, 0.6) is 0 Å². The number of hydrogen-bond acceptors (Lipinski definition) is 4. The lowest BCUT2D eigenvalue weighted by Crippen LogP contribution is -2.25. The Bertz CT molecular complexity index is 169. The molecule has 0 heterocycles. The van der Waals surface area contributed by atoms with Gasteiger partial charge in [0.05, 0.1) is 0 Å². The summed E-state index contributed by atoms with van der Waals surface area (Å²) in [7, 11) is 0. The molecule has 0 saturated carbocycles. The quantitative estimate of drug-likeness (QED) is 0.460. The van der Waals surface area contributed by atoms with Crippen molar-refractivity contribution in [1.82, 2.24) is 0 Å². The molecule has 7 heteroatoms. The molecule has 0 radical (unpaired) electrons. The Morgan fingerprint density at radius 2 is 1.07 bits per heavy atom. The zero-order valence-electron chi connectivity index (χ0n) is 8.22. The summed E-state index contributed by atoms with van der Waals surface area (Å²) in [6.07, 6.45) is 0. The van der Waals surface area contributed by atoms with Gasteiger partial charge in [0.15, 0.2) is 0 Å². The normalized spacial score (nSPS) is 9.43. The van der Waals surface area contributed by atoms with Gasteiger partial charge in [-0.1, -0.05) is 0 Å². The number of carboxylic acid groups (broad SMARTS) is 3. The van der Waals surface area contributed by atoms with Gasteiger partial charge in [0.2, 0.25) is 0 Å². The minimum Gasteiger partial charge on any atom is -0.481 e. The summed E-state index contributed by atoms with van der Waals surface area (Å²) >= 11 is 0. The van der Waals surface area contributed by atoms with E-state index in [1.165, 1.54) is 6.92 Å². The van der Waals surface area contributed by atoms with E-state index in [1.54, 1.807) is 0 Å². The molecule has 0 unspecified atom stereocenters. The average molecular weight is 209 g/mol. The van der Waals surface area contributed by atoms with Crippen LogP contribution in [-0.4, -0.2) is 39.3 Å². The van der Waals surface area contributed by atoms with Crippen LogP contribution in [0.3, 0.4) is 0 Å². The molecule has 0 aliphatic carbocycles. The molecule has 1 atom stereocenters. The number of aliphatic carboxylic acids is 3. The monoisotopic (exact) mass is 209 g/mol. The molecule has 0 amide bonds. The van der Waals surface area contributed by atoms with Crippen LogP contribution in [0.25, 0.3) is 0 Å². The molecular formula is C7H15NO6. The largest absolute Gasteiger partial charge is 0.481 e. The average Bonchev–Trinajstić information content (AvgIpc) is 1.83. The third kappa shape index (κ3) is 162. The molecular weight excluding hydrogens is 194 g/mol. The predicted molar refractivity (Wildman–Crippen MR) is 47.9 cm³/mol. The molecule has 0 rings (SSSR count). The van der Waals surface area contributed by atoms with Gasteiger partial charge in [0.1, 0.15) is 6.04 Å². The van der Waals surface area contributed by atoms with E-state index in [0.717, 1.165) is 13.8 Å². The molecule has 0 aliphatic rings. The topological polar surface area (TPSA) is 138 Å². The first-order valence-corrected chi connectivity index (χ1v) is 3.48. The van der Waals surface area contributed by atoms with Gasteiger partial charge in [-0.25, -0.2) is 0 Å². The predicted octanol–water partition coefficient (Wildman–Crippen LogP) is -0.400. The zero-order chi connectivity index (χ0) is 12.3. The van der Waals surface area contributed by atoms with Crippen molar-refractivity contribution in [2.75, 3.05) is 0 Å². The van der Waals surface area contributed by atoms with Gasteiger partial charge in [0.25, 0.3) is 11.9 Å². The second kappa shape index (κ2) is 11.4. The molecule has 0 fully saturated rings. The van der Waals surface area contributed by atoms with Crippen LogP contribution >= 0.6 is 0 Å². The summed E-state index contributed by atoms with van der Waals surface area (Å²) in [5.41, 5.74) is 4.84. The van der Waals surface area contributed by atoms with Crippen LogP contribution < -0.4 is 5.73 Å². The summed E-state index contributed by atoms with van der Waals surface area (Å²) in [5.74, 6) is -2.63. The Balaban J connectivity index is -0.000000135. The Morgan fingerprint density at radius 1 is 1.00 bits per heavy atom. The highest BCUT2D eigenvalue weighted by Gasteiger charge is 1.99. The van der Waals surface area contributed by atoms with Crippen LogP contribution in [0.2, 0.25) is 0 Å². The molecule has 5 N–H and O–H groups in total. The Morgan fingerprint density at radius 3 is 1.07 bits per heavy atom. The van der Waals surface area contributed by atoms with E-state index in [9.17, 15) is 4.79 Å². The summed E-state index contributed by atoms with van der Waals surface area (Å²) in [4.78, 5) is 27.6. The van der Waals surface area contributed by atoms with Crippen molar-refractivity contribution in [1.29, 1.82) is 0 Å². The lowest BCUT2D eigenvalue weighted by Gasteiger charge is -1.90. The van der Waals surface area contributed by atoms with Gasteiger partial charge in [-0.2, -0.15) is 0 Å². The molecule has 0 aliphatic heterocycles. The van der Waals surface area contributed by atoms with Gasteiger partial charge < -0.3 is 21.1 Å². The minimum absolute atomic E-state index is 0.731. The number of carboxylic acids is 3. The Kier molecular flexibility index (Phi) is 14.8. The van der Waals surface area contributed by atoms with Gasteiger partial charge >= 0.3 is 5.97 Å². The number of rotatable bonds is 1. The molecule has 0 aromatic carbocycles. The molecule has 0 bridgehead atoms. The van der Waals surface area contributed by atoms with Crippen molar-refractivity contribution in [2.24, 2.45) is 5.73 Å². The highest BCUT2D eigenvalue weighted by molar-refractivity contribution is 5.72. The van der Waals surface area contributed by atoms with E-state index in [-0.39, 0.29) is 0 Å². The van der Waals surface area contributed by atoms with Crippen molar-refractivity contribution in [2.45, 2.75) is 26.8 Å². The van der Waals surface area contributed by atoms with Gasteiger partial charge in [-0.05, 0) is 6.92 Å². The van der Waals surface area contributed by atoms with Crippen molar-refractivity contribution < 1.29 is 29.7 Å². The SMILES string of the molecule is CC(=O)O.CC(=O)O.C[C@H](N)C(=O)O. The molecule has 7 nitrogen and oxygen atoms in total. The fourth-order valence-electron chi connectivity index (χ4n) is 0. The van der Waals surface area contributed by atoms with Crippen LogP contribution in [0.1, 0.15) is 20.8 Å². The molecule has 14 heavy (non-hydrogen) atoms. The van der Waals surface area contributed by atoms with Crippen molar-refractivity contribution in [3.63, 3.8) is 0 Å². The van der Waals surface area contributed by atoms with E-state index in [2.05, 4.69) is 0 Å². The van der Waals surface area contributed by atoms with E-state index in [1.807, 2.05) is 0 Å². The number of carbonyl (C=O) groups is 3. The molecule has 0 aromatic rings. The Labute approximate surface area is 81.1 Å². The standard InChI is InChI=1S/C3H7NO2.2C2H4O2/c1-2(4)3(5)6;2*1-2(3)4/h2H,4H2,1H3,(H,5,6);2*1H3,(H,3,4)/t2-;;/m0../s1. The first kappa shape index (κ1) is 18.2. The Hall–Kier alpha value is -1.63. The van der Waals surface area contributed by atoms with Gasteiger partial charge in [0, 0.05) is 13.8 Å². The summed E-state index contributed by atoms with van der Waals surface area (Å²) in [5, 5.41) is 22.7. The third-order valence-corrected chi connectivity index (χ3v) is 0.390. The molecule has 84 valence electrons. The highest BCUT2D eigenvalue weighted by atomic mass is 16.4. The van der Waals surface area contributed by atoms with Crippen LogP contribution in [0.15, 0.2) is 0 Å². The number of nitrogens with two attached hydrogens (primary N) is 1. The second-order valence-electron chi connectivity index (χ2n) is 2.16. The molecule has 0 aromatic heterocycles. The van der Waals surface area contributed by atoms with E-state index in [4.69, 9.17) is 30.6 Å². The van der Waals surface area contributed by atoms with Crippen LogP contribution in [0, 0.1) is 0 Å². The maximum atomic E-state index is 9.57. The zero-order valence-corrected chi connectivity index (χ0v) is 8.22.